The predicted molar refractivity (Wildman–Crippen MR) is 110 cm³/mol. The summed E-state index contributed by atoms with van der Waals surface area (Å²) in [6.07, 6.45) is 0. The second kappa shape index (κ2) is 8.31. The summed E-state index contributed by atoms with van der Waals surface area (Å²) in [7, 11) is 0. The lowest BCUT2D eigenvalue weighted by Crippen LogP contribution is -2.30. The number of hydrogen-bond donors (Lipinski definition) is 0. The number of nitro benzene ring substituents is 1. The first kappa shape index (κ1) is 18.9. The highest BCUT2D eigenvalue weighted by Gasteiger charge is 2.20. The van der Waals surface area contributed by atoms with E-state index >= 15 is 0 Å². The van der Waals surface area contributed by atoms with E-state index in [1.165, 1.54) is 16.9 Å². The van der Waals surface area contributed by atoms with Gasteiger partial charge in [0.2, 0.25) is 5.82 Å². The fraction of sp³-hybridized carbons (Fsp3) is 0.0476. The van der Waals surface area contributed by atoms with Crippen LogP contribution in [0.15, 0.2) is 84.9 Å². The van der Waals surface area contributed by atoms with Gasteiger partial charge in [-0.1, -0.05) is 36.4 Å². The molecule has 9 heteroatoms. The summed E-state index contributed by atoms with van der Waals surface area (Å²) in [6, 6.07) is 24.4. The van der Waals surface area contributed by atoms with Crippen molar-refractivity contribution in [2.45, 2.75) is 6.54 Å². The van der Waals surface area contributed by atoms with Crippen LogP contribution >= 0.6 is 0 Å². The molecule has 0 unspecified atom stereocenters. The van der Waals surface area contributed by atoms with Crippen molar-refractivity contribution < 1.29 is 9.72 Å². The third-order valence-corrected chi connectivity index (χ3v) is 4.34. The van der Waals surface area contributed by atoms with Crippen LogP contribution in [-0.2, 0) is 11.3 Å². The van der Waals surface area contributed by atoms with Crippen LogP contribution in [-0.4, -0.2) is 31.0 Å². The van der Waals surface area contributed by atoms with E-state index in [1.54, 1.807) is 17.0 Å². The van der Waals surface area contributed by atoms with Crippen molar-refractivity contribution in [1.82, 2.24) is 20.2 Å². The second-order valence-electron chi connectivity index (χ2n) is 6.35. The van der Waals surface area contributed by atoms with Crippen molar-refractivity contribution in [2.75, 3.05) is 4.90 Å². The molecule has 0 aliphatic heterocycles. The maximum atomic E-state index is 13.1. The van der Waals surface area contributed by atoms with Crippen LogP contribution in [0.4, 0.5) is 17.1 Å². The number of tetrazole rings is 1. The molecule has 3 aromatic carbocycles. The van der Waals surface area contributed by atoms with Gasteiger partial charge in [0, 0.05) is 29.1 Å². The van der Waals surface area contributed by atoms with Gasteiger partial charge in [-0.2, -0.15) is 4.80 Å². The van der Waals surface area contributed by atoms with Crippen molar-refractivity contribution in [2.24, 2.45) is 0 Å². The predicted octanol–water partition coefficient (Wildman–Crippen LogP) is 3.61. The molecule has 0 fully saturated rings. The first-order valence-electron chi connectivity index (χ1n) is 9.07. The minimum atomic E-state index is -0.478. The van der Waals surface area contributed by atoms with Crippen molar-refractivity contribution in [3.63, 3.8) is 0 Å². The van der Waals surface area contributed by atoms with Gasteiger partial charge >= 0.3 is 0 Å². The average Bonchev–Trinajstić information content (AvgIpc) is 3.24. The van der Waals surface area contributed by atoms with Crippen LogP contribution < -0.4 is 4.90 Å². The van der Waals surface area contributed by atoms with Gasteiger partial charge in [-0.05, 0) is 41.6 Å². The van der Waals surface area contributed by atoms with E-state index in [0.29, 0.717) is 5.56 Å². The quantitative estimate of drug-likeness (QED) is 0.361. The number of hydrogen-bond acceptors (Lipinski definition) is 6. The van der Waals surface area contributed by atoms with Gasteiger partial charge in [0.25, 0.3) is 11.6 Å². The Kier molecular flexibility index (Phi) is 5.25. The first-order valence-corrected chi connectivity index (χ1v) is 9.07. The van der Waals surface area contributed by atoms with Crippen LogP contribution in [0, 0.1) is 10.1 Å². The highest BCUT2D eigenvalue weighted by molar-refractivity contribution is 6.00. The lowest BCUT2D eigenvalue weighted by atomic mass is 10.2. The Hall–Kier alpha value is -4.40. The number of non-ortho nitro benzene ring substituents is 1. The third-order valence-electron chi connectivity index (χ3n) is 4.34. The fourth-order valence-corrected chi connectivity index (χ4v) is 2.94. The Morgan fingerprint density at radius 3 is 2.00 bits per heavy atom. The first-order chi connectivity index (χ1) is 14.6. The standard InChI is InChI=1S/C21H16N6O3/c28-20(26(17-7-3-1-4-8-17)18-9-5-2-6-10-18)15-25-23-21(22-24-25)16-11-13-19(14-12-16)27(29)30/h1-14H,15H2. The molecule has 9 nitrogen and oxygen atoms in total. The Balaban J connectivity index is 1.57. The van der Waals surface area contributed by atoms with Gasteiger partial charge in [-0.25, -0.2) is 0 Å². The molecule has 0 saturated carbocycles. The zero-order valence-electron chi connectivity index (χ0n) is 15.7. The number of nitrogens with zero attached hydrogens (tertiary/aromatic N) is 6. The number of para-hydroxylation sites is 2. The highest BCUT2D eigenvalue weighted by atomic mass is 16.6. The molecule has 148 valence electrons. The van der Waals surface area contributed by atoms with Gasteiger partial charge in [-0.15, -0.1) is 10.2 Å². The van der Waals surface area contributed by atoms with Gasteiger partial charge in [0.1, 0.15) is 6.54 Å². The van der Waals surface area contributed by atoms with E-state index in [2.05, 4.69) is 15.4 Å². The summed E-state index contributed by atoms with van der Waals surface area (Å²) in [5.41, 5.74) is 2.00. The number of nitro groups is 1. The molecule has 0 aliphatic rings. The van der Waals surface area contributed by atoms with Crippen LogP contribution in [0.25, 0.3) is 11.4 Å². The molecule has 1 aromatic heterocycles. The third kappa shape index (κ3) is 4.04. The summed E-state index contributed by atoms with van der Waals surface area (Å²) in [4.78, 5) is 26.2. The molecule has 1 heterocycles. The zero-order chi connectivity index (χ0) is 20.9. The number of amides is 1. The van der Waals surface area contributed by atoms with E-state index in [-0.39, 0.29) is 24.0 Å². The molecule has 0 atom stereocenters. The minimum Gasteiger partial charge on any atom is -0.279 e. The maximum Gasteiger partial charge on any atom is 0.269 e. The van der Waals surface area contributed by atoms with E-state index in [0.717, 1.165) is 11.4 Å². The summed E-state index contributed by atoms with van der Waals surface area (Å²) < 4.78 is 0. The molecule has 4 aromatic rings. The number of carbonyl (C=O) groups excluding carboxylic acids is 1. The summed E-state index contributed by atoms with van der Waals surface area (Å²) >= 11 is 0. The van der Waals surface area contributed by atoms with Crippen LogP contribution in [0.5, 0.6) is 0 Å². The average molecular weight is 400 g/mol. The van der Waals surface area contributed by atoms with E-state index < -0.39 is 4.92 Å². The molecule has 0 bridgehead atoms. The molecule has 0 aliphatic carbocycles. The van der Waals surface area contributed by atoms with Crippen molar-refractivity contribution >= 4 is 23.0 Å². The smallest absolute Gasteiger partial charge is 0.269 e. The van der Waals surface area contributed by atoms with E-state index in [4.69, 9.17) is 0 Å². The SMILES string of the molecule is O=C(Cn1nnc(-c2ccc([N+](=O)[O-])cc2)n1)N(c1ccccc1)c1ccccc1. The summed E-state index contributed by atoms with van der Waals surface area (Å²) in [5.74, 6) is 0.0451. The molecule has 30 heavy (non-hydrogen) atoms. The molecular formula is C21H16N6O3. The molecule has 0 N–H and O–H groups in total. The van der Waals surface area contributed by atoms with Crippen LogP contribution in [0.2, 0.25) is 0 Å². The molecule has 0 radical (unpaired) electrons. The normalized spacial score (nSPS) is 10.5. The lowest BCUT2D eigenvalue weighted by Gasteiger charge is -2.22. The molecule has 0 saturated heterocycles. The topological polar surface area (TPSA) is 107 Å². The molecule has 4 rings (SSSR count). The Bertz CT molecular complexity index is 1120. The second-order valence-corrected chi connectivity index (χ2v) is 6.35. The van der Waals surface area contributed by atoms with E-state index in [9.17, 15) is 14.9 Å². The summed E-state index contributed by atoms with van der Waals surface area (Å²) in [6.45, 7) is -0.121. The molecule has 1 amide bonds. The largest absolute Gasteiger partial charge is 0.279 e. The number of rotatable bonds is 6. The monoisotopic (exact) mass is 400 g/mol. The van der Waals surface area contributed by atoms with Gasteiger partial charge < -0.3 is 0 Å². The zero-order valence-corrected chi connectivity index (χ0v) is 15.7. The molecular weight excluding hydrogens is 384 g/mol. The number of benzene rings is 3. The van der Waals surface area contributed by atoms with Crippen LogP contribution in [0.1, 0.15) is 0 Å². The van der Waals surface area contributed by atoms with Crippen molar-refractivity contribution in [3.8, 4) is 11.4 Å². The van der Waals surface area contributed by atoms with Gasteiger partial charge in [0.05, 0.1) is 4.92 Å². The van der Waals surface area contributed by atoms with Gasteiger partial charge in [0.15, 0.2) is 0 Å². The Morgan fingerprint density at radius 1 is 0.900 bits per heavy atom. The molecule has 0 spiro atoms. The Labute approximate surface area is 171 Å². The number of aromatic nitrogens is 4. The van der Waals surface area contributed by atoms with Crippen molar-refractivity contribution in [3.05, 3.63) is 95.0 Å². The van der Waals surface area contributed by atoms with Crippen LogP contribution in [0.3, 0.4) is 0 Å². The minimum absolute atomic E-state index is 0.0253. The van der Waals surface area contributed by atoms with Crippen molar-refractivity contribution in [1.29, 1.82) is 0 Å². The highest BCUT2D eigenvalue weighted by Crippen LogP contribution is 2.25. The number of anilines is 2. The van der Waals surface area contributed by atoms with E-state index in [1.807, 2.05) is 60.7 Å². The maximum absolute atomic E-state index is 13.1. The number of carbonyl (C=O) groups is 1. The Morgan fingerprint density at radius 2 is 1.47 bits per heavy atom. The fourth-order valence-electron chi connectivity index (χ4n) is 2.94. The van der Waals surface area contributed by atoms with Gasteiger partial charge in [-0.3, -0.25) is 19.8 Å². The lowest BCUT2D eigenvalue weighted by molar-refractivity contribution is -0.384. The summed E-state index contributed by atoms with van der Waals surface area (Å²) in [5, 5.41) is 22.9.